The van der Waals surface area contributed by atoms with Crippen LogP contribution in [-0.2, 0) is 4.79 Å². The Kier molecular flexibility index (Phi) is 4.78. The minimum atomic E-state index is -0.960. The summed E-state index contributed by atoms with van der Waals surface area (Å²) in [6.45, 7) is 7.83. The van der Waals surface area contributed by atoms with Crippen molar-refractivity contribution < 1.29 is 14.7 Å². The molecule has 2 unspecified atom stereocenters. The third-order valence-electron chi connectivity index (χ3n) is 3.58. The lowest BCUT2D eigenvalue weighted by atomic mass is 9.89. The number of likely N-dealkylation sites (tertiary alicyclic amines) is 1. The third-order valence-corrected chi connectivity index (χ3v) is 3.58. The monoisotopic (exact) mass is 242 g/mol. The second-order valence-corrected chi connectivity index (χ2v) is 4.88. The molecule has 17 heavy (non-hydrogen) atoms. The van der Waals surface area contributed by atoms with Gasteiger partial charge in [0.1, 0.15) is 6.54 Å². The van der Waals surface area contributed by atoms with Crippen molar-refractivity contribution >= 4 is 12.0 Å². The highest BCUT2D eigenvalue weighted by molar-refractivity contribution is 5.80. The lowest BCUT2D eigenvalue weighted by molar-refractivity contribution is -0.137. The van der Waals surface area contributed by atoms with E-state index in [4.69, 9.17) is 5.11 Å². The van der Waals surface area contributed by atoms with Crippen molar-refractivity contribution in [3.05, 3.63) is 0 Å². The van der Waals surface area contributed by atoms with Crippen molar-refractivity contribution in [3.8, 4) is 0 Å². The highest BCUT2D eigenvalue weighted by Crippen LogP contribution is 2.23. The largest absolute Gasteiger partial charge is 0.480 e. The number of rotatable bonds is 3. The molecule has 1 aliphatic heterocycles. The second-order valence-electron chi connectivity index (χ2n) is 4.88. The normalized spacial score (nSPS) is 24.5. The number of carbonyl (C=O) groups is 2. The molecule has 0 spiro atoms. The molecule has 0 aromatic rings. The van der Waals surface area contributed by atoms with Gasteiger partial charge in [0.25, 0.3) is 0 Å². The fourth-order valence-electron chi connectivity index (χ4n) is 2.11. The summed E-state index contributed by atoms with van der Waals surface area (Å²) in [5.74, 6) is 0.156. The molecule has 5 nitrogen and oxygen atoms in total. The van der Waals surface area contributed by atoms with Crippen LogP contribution in [0.3, 0.4) is 0 Å². The van der Waals surface area contributed by atoms with E-state index in [0.717, 1.165) is 19.5 Å². The highest BCUT2D eigenvalue weighted by Gasteiger charge is 2.28. The Morgan fingerprint density at radius 2 is 2.00 bits per heavy atom. The maximum atomic E-state index is 12.1. The molecule has 1 fully saturated rings. The maximum absolute atomic E-state index is 12.1. The van der Waals surface area contributed by atoms with Crippen molar-refractivity contribution in [1.29, 1.82) is 0 Å². The summed E-state index contributed by atoms with van der Waals surface area (Å²) >= 11 is 0. The standard InChI is InChI=1S/C12H22N2O3/c1-4-13(8-11(15)16)12(17)14-6-5-9(2)10(3)7-14/h9-10H,4-8H2,1-3H3,(H,15,16). The summed E-state index contributed by atoms with van der Waals surface area (Å²) in [5, 5.41) is 8.74. The number of piperidine rings is 1. The SMILES string of the molecule is CCN(CC(=O)O)C(=O)N1CCC(C)C(C)C1. The molecule has 98 valence electrons. The zero-order valence-electron chi connectivity index (χ0n) is 10.8. The number of aliphatic carboxylic acids is 1. The summed E-state index contributed by atoms with van der Waals surface area (Å²) in [6, 6.07) is -0.145. The first kappa shape index (κ1) is 13.8. The van der Waals surface area contributed by atoms with Crippen molar-refractivity contribution in [3.63, 3.8) is 0 Å². The van der Waals surface area contributed by atoms with Gasteiger partial charge in [-0.05, 0) is 25.2 Å². The molecule has 0 aliphatic carbocycles. The fraction of sp³-hybridized carbons (Fsp3) is 0.833. The van der Waals surface area contributed by atoms with Crippen LogP contribution in [0, 0.1) is 11.8 Å². The van der Waals surface area contributed by atoms with Gasteiger partial charge in [0.05, 0.1) is 0 Å². The van der Waals surface area contributed by atoms with Crippen LogP contribution in [0.2, 0.25) is 0 Å². The smallest absolute Gasteiger partial charge is 0.323 e. The molecule has 0 aromatic carbocycles. The van der Waals surface area contributed by atoms with E-state index in [9.17, 15) is 9.59 Å². The van der Waals surface area contributed by atoms with Crippen molar-refractivity contribution in [2.75, 3.05) is 26.2 Å². The van der Waals surface area contributed by atoms with E-state index in [-0.39, 0.29) is 12.6 Å². The molecule has 2 amide bonds. The average molecular weight is 242 g/mol. The zero-order valence-corrected chi connectivity index (χ0v) is 10.8. The first-order valence-corrected chi connectivity index (χ1v) is 6.21. The summed E-state index contributed by atoms with van der Waals surface area (Å²) in [6.07, 6.45) is 0.998. The zero-order chi connectivity index (χ0) is 13.0. The van der Waals surface area contributed by atoms with Gasteiger partial charge in [-0.15, -0.1) is 0 Å². The molecule has 1 saturated heterocycles. The number of nitrogens with zero attached hydrogens (tertiary/aromatic N) is 2. The Morgan fingerprint density at radius 1 is 1.35 bits per heavy atom. The van der Waals surface area contributed by atoms with Gasteiger partial charge in [-0.3, -0.25) is 4.79 Å². The molecular formula is C12H22N2O3. The molecule has 1 N–H and O–H groups in total. The van der Waals surface area contributed by atoms with E-state index in [0.29, 0.717) is 18.4 Å². The average Bonchev–Trinajstić information content (AvgIpc) is 2.28. The lowest BCUT2D eigenvalue weighted by Gasteiger charge is -2.37. The highest BCUT2D eigenvalue weighted by atomic mass is 16.4. The summed E-state index contributed by atoms with van der Waals surface area (Å²) in [5.41, 5.74) is 0. The van der Waals surface area contributed by atoms with Gasteiger partial charge in [0.2, 0.25) is 0 Å². The molecular weight excluding hydrogens is 220 g/mol. The summed E-state index contributed by atoms with van der Waals surface area (Å²) in [7, 11) is 0. The Hall–Kier alpha value is -1.26. The van der Waals surface area contributed by atoms with Crippen LogP contribution in [0.25, 0.3) is 0 Å². The number of likely N-dealkylation sites (N-methyl/N-ethyl adjacent to an activating group) is 1. The number of hydrogen-bond donors (Lipinski definition) is 1. The van der Waals surface area contributed by atoms with Crippen molar-refractivity contribution in [1.82, 2.24) is 9.80 Å². The third kappa shape index (κ3) is 3.61. The van der Waals surface area contributed by atoms with Crippen LogP contribution in [0.4, 0.5) is 4.79 Å². The van der Waals surface area contributed by atoms with Gasteiger partial charge in [-0.1, -0.05) is 13.8 Å². The quantitative estimate of drug-likeness (QED) is 0.815. The second kappa shape index (κ2) is 5.89. The number of urea groups is 1. The predicted molar refractivity (Wildman–Crippen MR) is 64.8 cm³/mol. The van der Waals surface area contributed by atoms with Gasteiger partial charge in [0.15, 0.2) is 0 Å². The van der Waals surface area contributed by atoms with E-state index in [2.05, 4.69) is 13.8 Å². The first-order valence-electron chi connectivity index (χ1n) is 6.21. The Labute approximate surface area is 102 Å². The fourth-order valence-corrected chi connectivity index (χ4v) is 2.11. The number of hydrogen-bond acceptors (Lipinski definition) is 2. The number of carboxylic acid groups (broad SMARTS) is 1. The topological polar surface area (TPSA) is 60.9 Å². The minimum absolute atomic E-state index is 0.145. The van der Waals surface area contributed by atoms with E-state index in [1.54, 1.807) is 11.8 Å². The molecule has 5 heteroatoms. The molecule has 2 atom stereocenters. The van der Waals surface area contributed by atoms with E-state index in [1.807, 2.05) is 0 Å². The van der Waals surface area contributed by atoms with Crippen molar-refractivity contribution in [2.24, 2.45) is 11.8 Å². The van der Waals surface area contributed by atoms with Crippen LogP contribution >= 0.6 is 0 Å². The van der Waals surface area contributed by atoms with E-state index in [1.165, 1.54) is 4.90 Å². The van der Waals surface area contributed by atoms with Crippen LogP contribution in [-0.4, -0.2) is 53.1 Å². The van der Waals surface area contributed by atoms with E-state index < -0.39 is 5.97 Å². The molecule has 0 aromatic heterocycles. The van der Waals surface area contributed by atoms with Gasteiger partial charge in [-0.2, -0.15) is 0 Å². The van der Waals surface area contributed by atoms with Crippen LogP contribution in [0.1, 0.15) is 27.2 Å². The first-order chi connectivity index (χ1) is 7.95. The van der Waals surface area contributed by atoms with Gasteiger partial charge in [-0.25, -0.2) is 4.79 Å². The number of carbonyl (C=O) groups excluding carboxylic acids is 1. The molecule has 0 radical (unpaired) electrons. The molecule has 0 saturated carbocycles. The molecule has 1 rings (SSSR count). The summed E-state index contributed by atoms with van der Waals surface area (Å²) in [4.78, 5) is 25.9. The Morgan fingerprint density at radius 3 is 2.47 bits per heavy atom. The van der Waals surface area contributed by atoms with Gasteiger partial charge >= 0.3 is 12.0 Å². The summed E-state index contributed by atoms with van der Waals surface area (Å²) < 4.78 is 0. The van der Waals surface area contributed by atoms with Crippen LogP contribution in [0.5, 0.6) is 0 Å². The van der Waals surface area contributed by atoms with Crippen molar-refractivity contribution in [2.45, 2.75) is 27.2 Å². The van der Waals surface area contributed by atoms with E-state index >= 15 is 0 Å². The minimum Gasteiger partial charge on any atom is -0.480 e. The number of carboxylic acids is 1. The van der Waals surface area contributed by atoms with Crippen LogP contribution in [0.15, 0.2) is 0 Å². The maximum Gasteiger partial charge on any atom is 0.323 e. The number of amides is 2. The molecule has 0 bridgehead atoms. The Balaban J connectivity index is 2.59. The molecule has 1 heterocycles. The lowest BCUT2D eigenvalue weighted by Crippen LogP contribution is -2.50. The predicted octanol–water partition coefficient (Wildman–Crippen LogP) is 1.49. The molecule has 1 aliphatic rings. The Bertz CT molecular complexity index is 293. The van der Waals surface area contributed by atoms with Gasteiger partial charge in [0, 0.05) is 19.6 Å². The van der Waals surface area contributed by atoms with Crippen LogP contribution < -0.4 is 0 Å². The van der Waals surface area contributed by atoms with Gasteiger partial charge < -0.3 is 14.9 Å².